The van der Waals surface area contributed by atoms with E-state index in [0.717, 1.165) is 30.9 Å². The van der Waals surface area contributed by atoms with Crippen LogP contribution >= 0.6 is 24.0 Å². The van der Waals surface area contributed by atoms with E-state index in [1.165, 1.54) is 0 Å². The fourth-order valence-electron chi connectivity index (χ4n) is 2.34. The lowest BCUT2D eigenvalue weighted by atomic mass is 10.2. The number of halogens is 1. The van der Waals surface area contributed by atoms with Crippen LogP contribution in [-0.4, -0.2) is 50.8 Å². The van der Waals surface area contributed by atoms with Crippen LogP contribution in [0.1, 0.15) is 47.5 Å². The Morgan fingerprint density at radius 3 is 2.37 bits per heavy atom. The quantitative estimate of drug-likeness (QED) is 0.154. The minimum absolute atomic E-state index is 0. The predicted octanol–water partition coefficient (Wildman–Crippen LogP) is 4.04. The van der Waals surface area contributed by atoms with Crippen LogP contribution in [0.15, 0.2) is 29.3 Å². The number of aliphatic imine (C=N–C) groups is 1. The van der Waals surface area contributed by atoms with E-state index in [9.17, 15) is 4.79 Å². The van der Waals surface area contributed by atoms with Gasteiger partial charge in [-0.25, -0.2) is 4.99 Å². The molecule has 0 fully saturated rings. The van der Waals surface area contributed by atoms with Gasteiger partial charge in [-0.1, -0.05) is 20.8 Å². The monoisotopic (exact) mass is 534 g/mol. The molecule has 3 N–H and O–H groups in total. The van der Waals surface area contributed by atoms with E-state index < -0.39 is 0 Å². The molecule has 0 unspecified atom stereocenters. The largest absolute Gasteiger partial charge is 0.491 e. The number of nitrogens with one attached hydrogen (secondary N) is 3. The molecule has 0 radical (unpaired) electrons. The number of hydrogen-bond acceptors (Lipinski definition) is 4. The molecule has 0 atom stereocenters. The van der Waals surface area contributed by atoms with Crippen molar-refractivity contribution in [2.75, 3.05) is 38.2 Å². The molecule has 0 aliphatic carbocycles. The second-order valence-corrected chi connectivity index (χ2v) is 7.58. The third kappa shape index (κ3) is 14.4. The maximum atomic E-state index is 11.9. The lowest BCUT2D eigenvalue weighted by Crippen LogP contribution is -2.34. The summed E-state index contributed by atoms with van der Waals surface area (Å²) in [6.45, 7) is 13.2. The van der Waals surface area contributed by atoms with Crippen molar-refractivity contribution in [1.82, 2.24) is 10.6 Å². The van der Waals surface area contributed by atoms with Crippen LogP contribution in [0.4, 0.5) is 5.69 Å². The average Bonchev–Trinajstić information content (AvgIpc) is 2.67. The number of benzene rings is 1. The van der Waals surface area contributed by atoms with Crippen molar-refractivity contribution in [3.05, 3.63) is 24.3 Å². The Hall–Kier alpha value is -1.55. The molecule has 0 aliphatic heterocycles. The van der Waals surface area contributed by atoms with E-state index in [1.807, 2.05) is 45.0 Å². The minimum Gasteiger partial charge on any atom is -0.491 e. The van der Waals surface area contributed by atoms with Crippen LogP contribution in [0.5, 0.6) is 5.75 Å². The van der Waals surface area contributed by atoms with Crippen LogP contribution in [0.25, 0.3) is 0 Å². The number of amides is 1. The molecule has 30 heavy (non-hydrogen) atoms. The number of nitrogens with zero attached hydrogens (tertiary/aromatic N) is 1. The zero-order valence-electron chi connectivity index (χ0n) is 19.0. The van der Waals surface area contributed by atoms with Crippen molar-refractivity contribution in [2.45, 2.75) is 53.6 Å². The Morgan fingerprint density at radius 2 is 1.77 bits per heavy atom. The van der Waals surface area contributed by atoms with E-state index >= 15 is 0 Å². The number of guanidine groups is 1. The molecule has 1 rings (SSSR count). The summed E-state index contributed by atoms with van der Waals surface area (Å²) in [5.74, 6) is 1.83. The molecular weight excluding hydrogens is 495 g/mol. The summed E-state index contributed by atoms with van der Waals surface area (Å²) < 4.78 is 11.3. The summed E-state index contributed by atoms with van der Waals surface area (Å²) >= 11 is 0. The molecule has 0 saturated carbocycles. The van der Waals surface area contributed by atoms with E-state index in [0.29, 0.717) is 31.6 Å². The van der Waals surface area contributed by atoms with Gasteiger partial charge in [-0.15, -0.1) is 24.0 Å². The number of rotatable bonds is 13. The molecule has 0 aliphatic rings. The summed E-state index contributed by atoms with van der Waals surface area (Å²) in [7, 11) is 0. The number of carbonyl (C=O) groups excluding carboxylic acids is 1. The van der Waals surface area contributed by atoms with Gasteiger partial charge in [-0.2, -0.15) is 0 Å². The second-order valence-electron chi connectivity index (χ2n) is 7.58. The highest BCUT2D eigenvalue weighted by molar-refractivity contribution is 14.0. The van der Waals surface area contributed by atoms with Gasteiger partial charge in [-0.3, -0.25) is 4.79 Å². The number of ether oxygens (including phenoxy) is 2. The van der Waals surface area contributed by atoms with Crippen LogP contribution in [-0.2, 0) is 9.53 Å². The van der Waals surface area contributed by atoms with E-state index in [2.05, 4.69) is 34.8 Å². The van der Waals surface area contributed by atoms with Gasteiger partial charge in [0.05, 0.1) is 6.10 Å². The normalized spacial score (nSPS) is 11.2. The van der Waals surface area contributed by atoms with E-state index in [1.54, 1.807) is 0 Å². The van der Waals surface area contributed by atoms with Gasteiger partial charge in [0, 0.05) is 32.0 Å². The van der Waals surface area contributed by atoms with Crippen molar-refractivity contribution in [3.8, 4) is 5.75 Å². The first-order chi connectivity index (χ1) is 13.9. The number of carbonyl (C=O) groups is 1. The number of hydrogen-bond donors (Lipinski definition) is 3. The Kier molecular flexibility index (Phi) is 16.3. The Morgan fingerprint density at radius 1 is 1.07 bits per heavy atom. The zero-order chi connectivity index (χ0) is 21.5. The SMILES string of the molecule is CCCNC(=O)CN=C(NCCCOCC(C)C)Nc1ccc(OC(C)C)cc1.I. The zero-order valence-corrected chi connectivity index (χ0v) is 21.3. The Bertz CT molecular complexity index is 607. The average molecular weight is 534 g/mol. The highest BCUT2D eigenvalue weighted by atomic mass is 127. The summed E-state index contributed by atoms with van der Waals surface area (Å²) in [6.07, 6.45) is 1.89. The lowest BCUT2D eigenvalue weighted by Gasteiger charge is -2.14. The first-order valence-electron chi connectivity index (χ1n) is 10.6. The van der Waals surface area contributed by atoms with Crippen molar-refractivity contribution in [1.29, 1.82) is 0 Å². The molecule has 1 aromatic carbocycles. The lowest BCUT2D eigenvalue weighted by molar-refractivity contribution is -0.119. The maximum absolute atomic E-state index is 11.9. The standard InChI is InChI=1S/C22H38N4O3.HI/c1-6-12-23-21(27)15-25-22(24-13-7-14-28-16-17(2)3)26-19-8-10-20(11-9-19)29-18(4)5;/h8-11,17-18H,6-7,12-16H2,1-5H3,(H,23,27)(H2,24,25,26);1H. The molecule has 7 nitrogen and oxygen atoms in total. The Balaban J connectivity index is 0.00000841. The molecule has 0 aromatic heterocycles. The third-order valence-corrected chi connectivity index (χ3v) is 3.65. The minimum atomic E-state index is -0.0890. The van der Waals surface area contributed by atoms with E-state index in [4.69, 9.17) is 9.47 Å². The van der Waals surface area contributed by atoms with Gasteiger partial charge in [0.25, 0.3) is 0 Å². The summed E-state index contributed by atoms with van der Waals surface area (Å²) in [6, 6.07) is 7.68. The van der Waals surface area contributed by atoms with Crippen LogP contribution in [0.2, 0.25) is 0 Å². The smallest absolute Gasteiger partial charge is 0.241 e. The summed E-state index contributed by atoms with van der Waals surface area (Å²) in [5.41, 5.74) is 0.873. The first kappa shape index (κ1) is 28.5. The summed E-state index contributed by atoms with van der Waals surface area (Å²) in [5, 5.41) is 9.34. The topological polar surface area (TPSA) is 84.0 Å². The second kappa shape index (κ2) is 17.2. The molecule has 0 heterocycles. The first-order valence-corrected chi connectivity index (χ1v) is 10.6. The fourth-order valence-corrected chi connectivity index (χ4v) is 2.34. The number of anilines is 1. The van der Waals surface area contributed by atoms with Crippen molar-refractivity contribution in [2.24, 2.45) is 10.9 Å². The maximum Gasteiger partial charge on any atom is 0.241 e. The van der Waals surface area contributed by atoms with Gasteiger partial charge in [0.1, 0.15) is 12.3 Å². The van der Waals surface area contributed by atoms with Crippen molar-refractivity contribution < 1.29 is 14.3 Å². The van der Waals surface area contributed by atoms with Crippen LogP contribution < -0.4 is 20.7 Å². The molecular formula is C22H39IN4O3. The van der Waals surface area contributed by atoms with Crippen molar-refractivity contribution >= 4 is 41.5 Å². The highest BCUT2D eigenvalue weighted by Gasteiger charge is 2.04. The van der Waals surface area contributed by atoms with E-state index in [-0.39, 0.29) is 42.5 Å². The molecule has 0 bridgehead atoms. The Labute approximate surface area is 198 Å². The molecule has 172 valence electrons. The summed E-state index contributed by atoms with van der Waals surface area (Å²) in [4.78, 5) is 16.3. The van der Waals surface area contributed by atoms with Crippen LogP contribution in [0.3, 0.4) is 0 Å². The van der Waals surface area contributed by atoms with Gasteiger partial charge < -0.3 is 25.4 Å². The molecule has 1 amide bonds. The molecule has 0 saturated heterocycles. The van der Waals surface area contributed by atoms with Gasteiger partial charge in [0.2, 0.25) is 5.91 Å². The fraction of sp³-hybridized carbons (Fsp3) is 0.636. The van der Waals surface area contributed by atoms with Gasteiger partial charge in [0.15, 0.2) is 5.96 Å². The van der Waals surface area contributed by atoms with Crippen LogP contribution in [0, 0.1) is 5.92 Å². The highest BCUT2D eigenvalue weighted by Crippen LogP contribution is 2.16. The molecule has 0 spiro atoms. The third-order valence-electron chi connectivity index (χ3n) is 3.65. The van der Waals surface area contributed by atoms with Gasteiger partial charge in [-0.05, 0) is 56.9 Å². The molecule has 1 aromatic rings. The van der Waals surface area contributed by atoms with Gasteiger partial charge >= 0.3 is 0 Å². The predicted molar refractivity (Wildman–Crippen MR) is 135 cm³/mol. The van der Waals surface area contributed by atoms with Crippen molar-refractivity contribution in [3.63, 3.8) is 0 Å². The molecule has 8 heteroatoms.